The topological polar surface area (TPSA) is 83.5 Å². The average molecular weight is 337 g/mol. The monoisotopic (exact) mass is 337 g/mol. The molecule has 0 saturated carbocycles. The van der Waals surface area contributed by atoms with Gasteiger partial charge in [0.15, 0.2) is 17.5 Å². The molecule has 0 fully saturated rings. The third-order valence-corrected chi connectivity index (χ3v) is 5.27. The van der Waals surface area contributed by atoms with Crippen LogP contribution >= 0.6 is 11.3 Å². The van der Waals surface area contributed by atoms with Gasteiger partial charge in [0.25, 0.3) is 10.0 Å². The molecule has 0 bridgehead atoms. The summed E-state index contributed by atoms with van der Waals surface area (Å²) in [6.45, 7) is 0. The quantitative estimate of drug-likeness (QED) is 0.840. The van der Waals surface area contributed by atoms with E-state index >= 15 is 0 Å². The van der Waals surface area contributed by atoms with Gasteiger partial charge in [0.1, 0.15) is 9.09 Å². The van der Waals surface area contributed by atoms with Gasteiger partial charge in [0.05, 0.1) is 5.69 Å². The van der Waals surface area contributed by atoms with Crippen LogP contribution in [0.4, 0.5) is 18.9 Å². The first-order chi connectivity index (χ1) is 9.72. The van der Waals surface area contributed by atoms with Crippen LogP contribution in [0.15, 0.2) is 28.5 Å². The molecule has 0 amide bonds. The molecule has 1 aromatic carbocycles. The number of carboxylic acid groups (broad SMARTS) is 1. The van der Waals surface area contributed by atoms with Gasteiger partial charge in [-0.1, -0.05) is 0 Å². The molecule has 0 spiro atoms. The third kappa shape index (κ3) is 3.00. The number of sulfonamides is 1. The average Bonchev–Trinajstić information content (AvgIpc) is 2.90. The Balaban J connectivity index is 2.37. The first kappa shape index (κ1) is 15.3. The first-order valence-electron chi connectivity index (χ1n) is 5.22. The lowest BCUT2D eigenvalue weighted by Gasteiger charge is -2.07. The van der Waals surface area contributed by atoms with Crippen LogP contribution in [0.25, 0.3) is 0 Å². The molecule has 0 atom stereocenters. The van der Waals surface area contributed by atoms with E-state index in [2.05, 4.69) is 0 Å². The molecular weight excluding hydrogens is 331 g/mol. The molecule has 5 nitrogen and oxygen atoms in total. The highest BCUT2D eigenvalue weighted by Crippen LogP contribution is 2.26. The van der Waals surface area contributed by atoms with Crippen LogP contribution in [-0.2, 0) is 10.0 Å². The van der Waals surface area contributed by atoms with Gasteiger partial charge in [-0.3, -0.25) is 4.72 Å². The van der Waals surface area contributed by atoms with Crippen molar-refractivity contribution >= 4 is 33.0 Å². The Bertz CT molecular complexity index is 817. The van der Waals surface area contributed by atoms with Crippen LogP contribution in [0.2, 0.25) is 0 Å². The predicted molar refractivity (Wildman–Crippen MR) is 68.4 cm³/mol. The molecule has 0 aliphatic rings. The molecule has 1 heterocycles. The molecule has 0 aliphatic carbocycles. The largest absolute Gasteiger partial charge is 0.477 e. The van der Waals surface area contributed by atoms with E-state index in [9.17, 15) is 26.4 Å². The minimum absolute atomic E-state index is 0.235. The zero-order valence-electron chi connectivity index (χ0n) is 9.93. The Morgan fingerprint density at radius 2 is 1.76 bits per heavy atom. The van der Waals surface area contributed by atoms with Crippen molar-refractivity contribution in [3.8, 4) is 0 Å². The fourth-order valence-corrected chi connectivity index (χ4v) is 3.58. The van der Waals surface area contributed by atoms with Crippen molar-refractivity contribution in [1.29, 1.82) is 0 Å². The molecule has 10 heteroatoms. The number of benzene rings is 1. The van der Waals surface area contributed by atoms with E-state index in [1.807, 2.05) is 0 Å². The highest BCUT2D eigenvalue weighted by molar-refractivity contribution is 7.94. The second-order valence-corrected chi connectivity index (χ2v) is 6.75. The summed E-state index contributed by atoms with van der Waals surface area (Å²) < 4.78 is 64.3. The van der Waals surface area contributed by atoms with E-state index in [1.54, 1.807) is 4.72 Å². The number of nitrogens with one attached hydrogen (secondary N) is 1. The standard InChI is InChI=1S/C11H6F3NO4S2/c12-5-1-2-6(10(14)9(5)13)15-21(18,19)8-4-3-7(20-8)11(16)17/h1-4,15H,(H,16,17). The molecule has 2 N–H and O–H groups in total. The van der Waals surface area contributed by atoms with Gasteiger partial charge >= 0.3 is 5.97 Å². The molecule has 112 valence electrons. The van der Waals surface area contributed by atoms with E-state index in [-0.39, 0.29) is 4.88 Å². The maximum Gasteiger partial charge on any atom is 0.345 e. The summed E-state index contributed by atoms with van der Waals surface area (Å²) in [7, 11) is -4.30. The van der Waals surface area contributed by atoms with Crippen LogP contribution in [0, 0.1) is 17.5 Å². The lowest BCUT2D eigenvalue weighted by molar-refractivity contribution is 0.0702. The Hall–Kier alpha value is -2.07. The van der Waals surface area contributed by atoms with Gasteiger partial charge in [0.2, 0.25) is 0 Å². The summed E-state index contributed by atoms with van der Waals surface area (Å²) in [5.41, 5.74) is -0.779. The number of rotatable bonds is 4. The van der Waals surface area contributed by atoms with E-state index in [0.29, 0.717) is 17.4 Å². The van der Waals surface area contributed by atoms with Crippen LogP contribution in [0.5, 0.6) is 0 Å². The smallest absolute Gasteiger partial charge is 0.345 e. The molecule has 21 heavy (non-hydrogen) atoms. The third-order valence-electron chi connectivity index (χ3n) is 2.34. The van der Waals surface area contributed by atoms with Crippen LogP contribution in [0.3, 0.4) is 0 Å². The molecule has 0 aliphatic heterocycles. The second kappa shape index (κ2) is 5.37. The minimum Gasteiger partial charge on any atom is -0.477 e. The van der Waals surface area contributed by atoms with Crippen molar-refractivity contribution in [2.75, 3.05) is 4.72 Å². The number of anilines is 1. The molecule has 0 saturated heterocycles. The molecule has 2 aromatic rings. The highest BCUT2D eigenvalue weighted by Gasteiger charge is 2.22. The summed E-state index contributed by atoms with van der Waals surface area (Å²) >= 11 is 0.440. The Morgan fingerprint density at radius 3 is 2.33 bits per heavy atom. The van der Waals surface area contributed by atoms with Crippen molar-refractivity contribution < 1.29 is 31.5 Å². The molecule has 0 unspecified atom stereocenters. The van der Waals surface area contributed by atoms with E-state index in [0.717, 1.165) is 18.2 Å². The van der Waals surface area contributed by atoms with Crippen LogP contribution in [-0.4, -0.2) is 19.5 Å². The second-order valence-electron chi connectivity index (χ2n) is 3.75. The van der Waals surface area contributed by atoms with Gasteiger partial charge in [0, 0.05) is 0 Å². The summed E-state index contributed by atoms with van der Waals surface area (Å²) in [6, 6.07) is 3.35. The SMILES string of the molecule is O=C(O)c1ccc(S(=O)(=O)Nc2ccc(F)c(F)c2F)s1. The summed E-state index contributed by atoms with van der Waals surface area (Å²) in [5, 5.41) is 8.71. The van der Waals surface area contributed by atoms with Crippen molar-refractivity contribution in [2.24, 2.45) is 0 Å². The number of hydrogen-bond acceptors (Lipinski definition) is 4. The van der Waals surface area contributed by atoms with Gasteiger partial charge in [-0.2, -0.15) is 0 Å². The number of carbonyl (C=O) groups is 1. The lowest BCUT2D eigenvalue weighted by Crippen LogP contribution is -2.13. The summed E-state index contributed by atoms with van der Waals surface area (Å²) in [6.07, 6.45) is 0. The zero-order valence-corrected chi connectivity index (χ0v) is 11.6. The predicted octanol–water partition coefficient (Wildman–Crippen LogP) is 2.66. The Labute approximate surface area is 120 Å². The first-order valence-corrected chi connectivity index (χ1v) is 7.52. The van der Waals surface area contributed by atoms with E-state index in [1.165, 1.54) is 0 Å². The number of halogens is 3. The van der Waals surface area contributed by atoms with Crippen molar-refractivity contribution in [3.05, 3.63) is 46.6 Å². The van der Waals surface area contributed by atoms with Gasteiger partial charge in [-0.25, -0.2) is 26.4 Å². The van der Waals surface area contributed by atoms with Crippen LogP contribution < -0.4 is 4.72 Å². The van der Waals surface area contributed by atoms with E-state index < -0.39 is 43.3 Å². The normalized spacial score (nSPS) is 11.4. The number of carboxylic acids is 1. The molecule has 2 rings (SSSR count). The minimum atomic E-state index is -4.30. The van der Waals surface area contributed by atoms with Crippen molar-refractivity contribution in [1.82, 2.24) is 0 Å². The fraction of sp³-hybridized carbons (Fsp3) is 0. The van der Waals surface area contributed by atoms with Crippen molar-refractivity contribution in [3.63, 3.8) is 0 Å². The van der Waals surface area contributed by atoms with Crippen LogP contribution in [0.1, 0.15) is 9.67 Å². The van der Waals surface area contributed by atoms with E-state index in [4.69, 9.17) is 5.11 Å². The van der Waals surface area contributed by atoms with Gasteiger partial charge < -0.3 is 5.11 Å². The fourth-order valence-electron chi connectivity index (χ4n) is 1.38. The summed E-state index contributed by atoms with van der Waals surface area (Å²) in [4.78, 5) is 10.4. The number of thiophene rings is 1. The van der Waals surface area contributed by atoms with Gasteiger partial charge in [-0.15, -0.1) is 11.3 Å². The van der Waals surface area contributed by atoms with Crippen molar-refractivity contribution in [2.45, 2.75) is 4.21 Å². The number of aromatic carboxylic acids is 1. The molecular formula is C11H6F3NO4S2. The maximum atomic E-state index is 13.4. The molecule has 0 radical (unpaired) electrons. The molecule has 1 aromatic heterocycles. The highest BCUT2D eigenvalue weighted by atomic mass is 32.2. The van der Waals surface area contributed by atoms with Gasteiger partial charge in [-0.05, 0) is 24.3 Å². The zero-order chi connectivity index (χ0) is 15.8. The maximum absolute atomic E-state index is 13.4. The summed E-state index contributed by atoms with van der Waals surface area (Å²) in [5.74, 6) is -6.28. The Morgan fingerprint density at radius 1 is 1.10 bits per heavy atom. The lowest BCUT2D eigenvalue weighted by atomic mass is 10.3. The Kier molecular flexibility index (Phi) is 3.92. The number of hydrogen-bond donors (Lipinski definition) is 2.